The van der Waals surface area contributed by atoms with E-state index in [9.17, 15) is 9.18 Å². The van der Waals surface area contributed by atoms with Gasteiger partial charge in [0, 0.05) is 41.1 Å². The number of morpholine rings is 1. The normalized spacial score (nSPS) is 15.6. The van der Waals surface area contributed by atoms with Crippen molar-refractivity contribution in [2.75, 3.05) is 31.6 Å². The van der Waals surface area contributed by atoms with E-state index in [4.69, 9.17) is 4.74 Å². The van der Waals surface area contributed by atoms with Crippen molar-refractivity contribution >= 4 is 44.4 Å². The zero-order valence-corrected chi connectivity index (χ0v) is 15.8. The first-order valence-corrected chi connectivity index (χ1v) is 9.46. The zero-order valence-electron chi connectivity index (χ0n) is 13.4. The molecule has 0 aliphatic carbocycles. The summed E-state index contributed by atoms with van der Waals surface area (Å²) in [5.41, 5.74) is 1.26. The number of hydrogen-bond acceptors (Lipinski definition) is 5. The van der Waals surface area contributed by atoms with Crippen LogP contribution < -0.4 is 5.32 Å². The Morgan fingerprint density at radius 1 is 1.44 bits per heavy atom. The van der Waals surface area contributed by atoms with Gasteiger partial charge in [-0.2, -0.15) is 0 Å². The van der Waals surface area contributed by atoms with Gasteiger partial charge in [-0.1, -0.05) is 15.9 Å². The Hall–Kier alpha value is -1.61. The summed E-state index contributed by atoms with van der Waals surface area (Å²) in [5.74, 6) is -0.721. The Balaban J connectivity index is 1.56. The van der Waals surface area contributed by atoms with E-state index in [0.717, 1.165) is 43.0 Å². The number of ether oxygens (including phenoxy) is 1. The van der Waals surface area contributed by atoms with Crippen LogP contribution in [0.3, 0.4) is 0 Å². The second kappa shape index (κ2) is 8.66. The monoisotopic (exact) mass is 425 g/mol. The lowest BCUT2D eigenvalue weighted by Gasteiger charge is -2.25. The molecule has 0 atom stereocenters. The molecule has 25 heavy (non-hydrogen) atoms. The van der Waals surface area contributed by atoms with Gasteiger partial charge in [0.15, 0.2) is 5.13 Å². The number of benzene rings is 1. The number of nitrogens with one attached hydrogen (secondary N) is 1. The fourth-order valence-corrected chi connectivity index (χ4v) is 3.46. The lowest BCUT2D eigenvalue weighted by molar-refractivity contribution is -0.111. The maximum absolute atomic E-state index is 13.6. The fraction of sp³-hybridized carbons (Fsp3) is 0.294. The molecule has 1 N–H and O–H groups in total. The summed E-state index contributed by atoms with van der Waals surface area (Å²) in [7, 11) is 0. The van der Waals surface area contributed by atoms with Crippen LogP contribution in [0, 0.1) is 5.82 Å². The Morgan fingerprint density at radius 2 is 2.24 bits per heavy atom. The molecular formula is C17H17BrFN3O2S. The number of anilines is 1. The summed E-state index contributed by atoms with van der Waals surface area (Å²) in [6.07, 6.45) is 2.74. The van der Waals surface area contributed by atoms with E-state index >= 15 is 0 Å². The van der Waals surface area contributed by atoms with Gasteiger partial charge in [0.05, 0.1) is 18.9 Å². The lowest BCUT2D eigenvalue weighted by Crippen LogP contribution is -2.35. The summed E-state index contributed by atoms with van der Waals surface area (Å²) >= 11 is 4.66. The molecular weight excluding hydrogens is 409 g/mol. The molecule has 8 heteroatoms. The standard InChI is InChI=1S/C17H17BrFN3O2S/c18-13-2-3-15(19)12(9-13)1-4-16(23)21-17-20-14(11-25-17)10-22-5-7-24-8-6-22/h1-4,9,11H,5-8,10H2,(H,20,21,23)/b4-1+. The molecule has 1 saturated heterocycles. The molecule has 2 heterocycles. The Labute approximate surface area is 157 Å². The molecule has 1 fully saturated rings. The van der Waals surface area contributed by atoms with E-state index in [1.54, 1.807) is 12.1 Å². The third-order valence-electron chi connectivity index (χ3n) is 3.64. The quantitative estimate of drug-likeness (QED) is 0.744. The van der Waals surface area contributed by atoms with Crippen LogP contribution in [0.2, 0.25) is 0 Å². The summed E-state index contributed by atoms with van der Waals surface area (Å²) in [4.78, 5) is 18.7. The van der Waals surface area contributed by atoms with Crippen molar-refractivity contribution in [2.24, 2.45) is 0 Å². The zero-order chi connectivity index (χ0) is 17.6. The van der Waals surface area contributed by atoms with Gasteiger partial charge >= 0.3 is 0 Å². The van der Waals surface area contributed by atoms with Crippen LogP contribution in [0.25, 0.3) is 6.08 Å². The molecule has 0 radical (unpaired) electrons. The van der Waals surface area contributed by atoms with E-state index in [1.165, 1.54) is 29.6 Å². The fourth-order valence-electron chi connectivity index (χ4n) is 2.38. The van der Waals surface area contributed by atoms with Gasteiger partial charge in [-0.15, -0.1) is 11.3 Å². The van der Waals surface area contributed by atoms with Crippen molar-refractivity contribution < 1.29 is 13.9 Å². The second-order valence-electron chi connectivity index (χ2n) is 5.52. The first kappa shape index (κ1) is 18.2. The molecule has 1 amide bonds. The van der Waals surface area contributed by atoms with Crippen LogP contribution in [0.4, 0.5) is 9.52 Å². The van der Waals surface area contributed by atoms with Gasteiger partial charge < -0.3 is 4.74 Å². The minimum absolute atomic E-state index is 0.341. The van der Waals surface area contributed by atoms with Crippen LogP contribution in [-0.4, -0.2) is 42.1 Å². The predicted octanol–water partition coefficient (Wildman–Crippen LogP) is 3.53. The molecule has 132 valence electrons. The molecule has 5 nitrogen and oxygen atoms in total. The number of thiazole rings is 1. The maximum atomic E-state index is 13.6. The van der Waals surface area contributed by atoms with Crippen LogP contribution in [0.5, 0.6) is 0 Å². The Morgan fingerprint density at radius 3 is 3.04 bits per heavy atom. The molecule has 2 aromatic rings. The molecule has 0 unspecified atom stereocenters. The van der Waals surface area contributed by atoms with Crippen LogP contribution in [0.1, 0.15) is 11.3 Å². The van der Waals surface area contributed by atoms with E-state index in [1.807, 2.05) is 5.38 Å². The number of hydrogen-bond donors (Lipinski definition) is 1. The minimum Gasteiger partial charge on any atom is -0.379 e. The third-order valence-corrected chi connectivity index (χ3v) is 4.94. The summed E-state index contributed by atoms with van der Waals surface area (Å²) in [5, 5.41) is 5.18. The van der Waals surface area contributed by atoms with Crippen LogP contribution >= 0.6 is 27.3 Å². The van der Waals surface area contributed by atoms with E-state index in [-0.39, 0.29) is 11.7 Å². The van der Waals surface area contributed by atoms with Gasteiger partial charge in [-0.3, -0.25) is 15.0 Å². The molecule has 1 aliphatic rings. The van der Waals surface area contributed by atoms with Crippen molar-refractivity contribution in [2.45, 2.75) is 6.54 Å². The number of rotatable bonds is 5. The average Bonchev–Trinajstić information content (AvgIpc) is 3.03. The van der Waals surface area contributed by atoms with Gasteiger partial charge in [0.2, 0.25) is 5.91 Å². The highest BCUT2D eigenvalue weighted by atomic mass is 79.9. The molecule has 1 aromatic carbocycles. The Kier molecular flexibility index (Phi) is 6.30. The highest BCUT2D eigenvalue weighted by molar-refractivity contribution is 9.10. The number of carbonyl (C=O) groups is 1. The van der Waals surface area contributed by atoms with Gasteiger partial charge in [0.25, 0.3) is 0 Å². The molecule has 0 saturated carbocycles. The highest BCUT2D eigenvalue weighted by Crippen LogP contribution is 2.19. The van der Waals surface area contributed by atoms with Crippen molar-refractivity contribution in [1.29, 1.82) is 0 Å². The van der Waals surface area contributed by atoms with Gasteiger partial charge in [-0.05, 0) is 24.3 Å². The van der Waals surface area contributed by atoms with E-state index in [0.29, 0.717) is 10.7 Å². The topological polar surface area (TPSA) is 54.5 Å². The molecule has 0 bridgehead atoms. The lowest BCUT2D eigenvalue weighted by atomic mass is 10.2. The van der Waals surface area contributed by atoms with Crippen molar-refractivity contribution in [3.63, 3.8) is 0 Å². The number of aromatic nitrogens is 1. The summed E-state index contributed by atoms with van der Waals surface area (Å²) < 4.78 is 19.7. The Bertz CT molecular complexity index is 775. The molecule has 3 rings (SSSR count). The van der Waals surface area contributed by atoms with Crippen LogP contribution in [0.15, 0.2) is 34.1 Å². The maximum Gasteiger partial charge on any atom is 0.250 e. The molecule has 1 aromatic heterocycles. The number of nitrogens with zero attached hydrogens (tertiary/aromatic N) is 2. The van der Waals surface area contributed by atoms with Crippen LogP contribution in [-0.2, 0) is 16.1 Å². The summed E-state index contributed by atoms with van der Waals surface area (Å²) in [6.45, 7) is 4.00. The average molecular weight is 426 g/mol. The first-order valence-electron chi connectivity index (χ1n) is 7.79. The third kappa shape index (κ3) is 5.43. The highest BCUT2D eigenvalue weighted by Gasteiger charge is 2.13. The molecule has 0 spiro atoms. The van der Waals surface area contributed by atoms with Crippen molar-refractivity contribution in [3.05, 3.63) is 51.2 Å². The van der Waals surface area contributed by atoms with Gasteiger partial charge in [-0.25, -0.2) is 9.37 Å². The van der Waals surface area contributed by atoms with Crippen molar-refractivity contribution in [3.8, 4) is 0 Å². The van der Waals surface area contributed by atoms with Crippen molar-refractivity contribution in [1.82, 2.24) is 9.88 Å². The number of carbonyl (C=O) groups excluding carboxylic acids is 1. The second-order valence-corrected chi connectivity index (χ2v) is 7.29. The SMILES string of the molecule is O=C(/C=C/c1cc(Br)ccc1F)Nc1nc(CN2CCOCC2)cs1. The summed E-state index contributed by atoms with van der Waals surface area (Å²) in [6, 6.07) is 4.57. The van der Waals surface area contributed by atoms with Gasteiger partial charge in [0.1, 0.15) is 5.82 Å². The smallest absolute Gasteiger partial charge is 0.250 e. The predicted molar refractivity (Wildman–Crippen MR) is 100.0 cm³/mol. The number of amides is 1. The van der Waals surface area contributed by atoms with E-state index in [2.05, 4.69) is 31.1 Å². The number of halogens is 2. The molecule has 1 aliphatic heterocycles. The largest absolute Gasteiger partial charge is 0.379 e. The first-order chi connectivity index (χ1) is 12.1. The minimum atomic E-state index is -0.380. The van der Waals surface area contributed by atoms with E-state index < -0.39 is 0 Å².